The minimum absolute atomic E-state index is 0.828. The van der Waals surface area contributed by atoms with Crippen LogP contribution in [0.2, 0.25) is 0 Å². The maximum absolute atomic E-state index is 5.49. The Morgan fingerprint density at radius 1 is 1.62 bits per heavy atom. The van der Waals surface area contributed by atoms with Crippen molar-refractivity contribution >= 4 is 11.8 Å². The number of thioether (sulfide) groups is 1. The predicted octanol–water partition coefficient (Wildman–Crippen LogP) is 1.09. The normalized spacial score (nSPS) is 30.4. The summed E-state index contributed by atoms with van der Waals surface area (Å²) >= 11 is 2.05. The Hall–Kier alpha value is 0.310. The van der Waals surface area contributed by atoms with Gasteiger partial charge in [-0.25, -0.2) is 0 Å². The molecule has 0 aromatic heterocycles. The monoisotopic (exact) mass is 131 g/mol. The van der Waals surface area contributed by atoms with Gasteiger partial charge in [0.1, 0.15) is 0 Å². The maximum atomic E-state index is 5.49. The van der Waals surface area contributed by atoms with E-state index in [9.17, 15) is 0 Å². The first-order valence-electron chi connectivity index (χ1n) is 3.21. The molecular weight excluding hydrogens is 118 g/mol. The molecule has 0 spiro atoms. The van der Waals surface area contributed by atoms with E-state index in [1.54, 1.807) is 0 Å². The van der Waals surface area contributed by atoms with Gasteiger partial charge in [-0.05, 0) is 36.8 Å². The summed E-state index contributed by atoms with van der Waals surface area (Å²) in [6.07, 6.45) is 2.75. The Kier molecular flexibility index (Phi) is 2.70. The van der Waals surface area contributed by atoms with Gasteiger partial charge in [0.05, 0.1) is 0 Å². The smallest absolute Gasteiger partial charge is 0.00271 e. The highest BCUT2D eigenvalue weighted by molar-refractivity contribution is 7.99. The Labute approximate surface area is 55.0 Å². The molecule has 1 atom stereocenters. The van der Waals surface area contributed by atoms with Crippen LogP contribution in [0.4, 0.5) is 0 Å². The van der Waals surface area contributed by atoms with Crippen molar-refractivity contribution in [3.8, 4) is 0 Å². The summed E-state index contributed by atoms with van der Waals surface area (Å²) in [7, 11) is 0. The van der Waals surface area contributed by atoms with Crippen molar-refractivity contribution in [3.63, 3.8) is 0 Å². The summed E-state index contributed by atoms with van der Waals surface area (Å²) in [6, 6.07) is 0. The van der Waals surface area contributed by atoms with Crippen LogP contribution in [0.5, 0.6) is 0 Å². The highest BCUT2D eigenvalue weighted by atomic mass is 32.2. The second kappa shape index (κ2) is 3.36. The molecule has 0 radical (unpaired) electrons. The van der Waals surface area contributed by atoms with E-state index in [1.165, 1.54) is 24.3 Å². The average Bonchev–Trinajstić information content (AvgIpc) is 1.90. The summed E-state index contributed by atoms with van der Waals surface area (Å²) in [5.74, 6) is 3.49. The molecule has 1 aliphatic rings. The summed E-state index contributed by atoms with van der Waals surface area (Å²) in [5, 5.41) is 0. The van der Waals surface area contributed by atoms with E-state index in [0.29, 0.717) is 0 Å². The van der Waals surface area contributed by atoms with Gasteiger partial charge in [-0.3, -0.25) is 0 Å². The molecule has 2 N–H and O–H groups in total. The average molecular weight is 131 g/mol. The highest BCUT2D eigenvalue weighted by Gasteiger charge is 2.10. The zero-order chi connectivity index (χ0) is 5.82. The molecule has 1 fully saturated rings. The largest absolute Gasteiger partial charge is 0.330 e. The van der Waals surface area contributed by atoms with Gasteiger partial charge in [0.25, 0.3) is 0 Å². The number of hydrogen-bond acceptors (Lipinski definition) is 2. The van der Waals surface area contributed by atoms with Gasteiger partial charge >= 0.3 is 0 Å². The Morgan fingerprint density at radius 3 is 2.88 bits per heavy atom. The first-order chi connectivity index (χ1) is 3.93. The maximum Gasteiger partial charge on any atom is -0.00271 e. The molecule has 1 aliphatic heterocycles. The van der Waals surface area contributed by atoms with E-state index < -0.39 is 0 Å². The lowest BCUT2D eigenvalue weighted by Gasteiger charge is -2.18. The molecule has 0 aliphatic carbocycles. The van der Waals surface area contributed by atoms with Gasteiger partial charge in [0.2, 0.25) is 0 Å². The lowest BCUT2D eigenvalue weighted by molar-refractivity contribution is 0.535. The van der Waals surface area contributed by atoms with Crippen molar-refractivity contribution in [3.05, 3.63) is 0 Å². The van der Waals surface area contributed by atoms with E-state index in [2.05, 4.69) is 0 Å². The molecule has 1 rings (SSSR count). The van der Waals surface area contributed by atoms with Crippen LogP contribution < -0.4 is 5.73 Å². The van der Waals surface area contributed by atoms with Crippen LogP contribution >= 0.6 is 11.8 Å². The number of nitrogens with two attached hydrogens (primary N) is 1. The SMILES string of the molecule is NC[C@H]1CCCSC1. The van der Waals surface area contributed by atoms with Crippen molar-refractivity contribution in [1.82, 2.24) is 0 Å². The lowest BCUT2D eigenvalue weighted by Crippen LogP contribution is -2.19. The standard InChI is InChI=1S/C6H13NS/c7-4-6-2-1-3-8-5-6/h6H,1-5,7H2/t6-/m1/s1. The molecule has 1 heterocycles. The summed E-state index contributed by atoms with van der Waals surface area (Å²) in [6.45, 7) is 0.896. The van der Waals surface area contributed by atoms with Crippen LogP contribution in [0.15, 0.2) is 0 Å². The second-order valence-corrected chi connectivity index (χ2v) is 3.47. The summed E-state index contributed by atoms with van der Waals surface area (Å²) < 4.78 is 0. The van der Waals surface area contributed by atoms with Crippen molar-refractivity contribution in [2.24, 2.45) is 11.7 Å². The molecule has 0 aromatic rings. The van der Waals surface area contributed by atoms with Crippen LogP contribution in [0, 0.1) is 5.92 Å². The third kappa shape index (κ3) is 1.67. The second-order valence-electron chi connectivity index (χ2n) is 2.32. The number of rotatable bonds is 1. The molecular formula is C6H13NS. The fourth-order valence-corrected chi connectivity index (χ4v) is 2.17. The van der Waals surface area contributed by atoms with Gasteiger partial charge in [-0.15, -0.1) is 0 Å². The van der Waals surface area contributed by atoms with E-state index in [0.717, 1.165) is 12.5 Å². The number of hydrogen-bond donors (Lipinski definition) is 1. The topological polar surface area (TPSA) is 26.0 Å². The molecule has 0 saturated carbocycles. The van der Waals surface area contributed by atoms with Crippen LogP contribution in [0.1, 0.15) is 12.8 Å². The lowest BCUT2D eigenvalue weighted by atomic mass is 10.1. The summed E-state index contributed by atoms with van der Waals surface area (Å²) in [4.78, 5) is 0. The first kappa shape index (κ1) is 6.43. The van der Waals surface area contributed by atoms with Gasteiger partial charge < -0.3 is 5.73 Å². The van der Waals surface area contributed by atoms with Gasteiger partial charge in [-0.2, -0.15) is 11.8 Å². The van der Waals surface area contributed by atoms with Gasteiger partial charge in [-0.1, -0.05) is 0 Å². The van der Waals surface area contributed by atoms with E-state index >= 15 is 0 Å². The Balaban J connectivity index is 2.13. The zero-order valence-electron chi connectivity index (χ0n) is 5.10. The van der Waals surface area contributed by atoms with E-state index in [1.807, 2.05) is 11.8 Å². The molecule has 2 heteroatoms. The van der Waals surface area contributed by atoms with Crippen LogP contribution in [-0.2, 0) is 0 Å². The third-order valence-corrected chi connectivity index (χ3v) is 2.87. The van der Waals surface area contributed by atoms with E-state index in [4.69, 9.17) is 5.73 Å². The van der Waals surface area contributed by atoms with Gasteiger partial charge in [0, 0.05) is 0 Å². The van der Waals surface area contributed by atoms with Crippen molar-refractivity contribution < 1.29 is 0 Å². The quantitative estimate of drug-likeness (QED) is 0.576. The molecule has 1 saturated heterocycles. The molecule has 0 bridgehead atoms. The molecule has 0 amide bonds. The van der Waals surface area contributed by atoms with Crippen molar-refractivity contribution in [2.45, 2.75) is 12.8 Å². The van der Waals surface area contributed by atoms with Gasteiger partial charge in [0.15, 0.2) is 0 Å². The first-order valence-corrected chi connectivity index (χ1v) is 4.37. The van der Waals surface area contributed by atoms with Crippen LogP contribution in [-0.4, -0.2) is 18.1 Å². The third-order valence-electron chi connectivity index (χ3n) is 1.59. The molecule has 0 aromatic carbocycles. The van der Waals surface area contributed by atoms with Crippen LogP contribution in [0.25, 0.3) is 0 Å². The zero-order valence-corrected chi connectivity index (χ0v) is 5.91. The molecule has 48 valence electrons. The fraction of sp³-hybridized carbons (Fsp3) is 1.00. The predicted molar refractivity (Wildman–Crippen MR) is 39.1 cm³/mol. The van der Waals surface area contributed by atoms with Crippen molar-refractivity contribution in [1.29, 1.82) is 0 Å². The van der Waals surface area contributed by atoms with Crippen molar-refractivity contribution in [2.75, 3.05) is 18.1 Å². The minimum atomic E-state index is 0.828. The Morgan fingerprint density at radius 2 is 2.50 bits per heavy atom. The molecule has 8 heavy (non-hydrogen) atoms. The summed E-state index contributed by atoms with van der Waals surface area (Å²) in [5.41, 5.74) is 5.49. The van der Waals surface area contributed by atoms with Crippen LogP contribution in [0.3, 0.4) is 0 Å². The highest BCUT2D eigenvalue weighted by Crippen LogP contribution is 2.20. The molecule has 1 nitrogen and oxygen atoms in total. The Bertz CT molecular complexity index is 59.5. The fourth-order valence-electron chi connectivity index (χ4n) is 0.993. The van der Waals surface area contributed by atoms with E-state index in [-0.39, 0.29) is 0 Å². The molecule has 0 unspecified atom stereocenters. The minimum Gasteiger partial charge on any atom is -0.330 e.